The van der Waals surface area contributed by atoms with Crippen molar-refractivity contribution < 1.29 is 4.79 Å². The van der Waals surface area contributed by atoms with Crippen molar-refractivity contribution in [3.8, 4) is 0 Å². The van der Waals surface area contributed by atoms with Gasteiger partial charge in [0.2, 0.25) is 5.91 Å². The number of unbranched alkanes of at least 4 members (excludes halogenated alkanes) is 3. The molecule has 0 aromatic carbocycles. The first-order valence-electron chi connectivity index (χ1n) is 6.69. The van der Waals surface area contributed by atoms with E-state index in [1.54, 1.807) is 0 Å². The molecule has 3 N–H and O–H groups in total. The van der Waals surface area contributed by atoms with Gasteiger partial charge in [-0.3, -0.25) is 4.79 Å². The number of carbonyl (C=O) groups excluding carboxylic acids is 1. The van der Waals surface area contributed by atoms with E-state index in [1.165, 1.54) is 32.1 Å². The molecule has 0 unspecified atom stereocenters. The zero-order valence-corrected chi connectivity index (χ0v) is 10.6. The molecule has 0 heterocycles. The molecule has 0 aromatic rings. The molecule has 3 heteroatoms. The highest BCUT2D eigenvalue weighted by atomic mass is 16.1. The van der Waals surface area contributed by atoms with Gasteiger partial charge in [0.1, 0.15) is 0 Å². The molecular weight excluding hydrogens is 200 g/mol. The molecule has 0 spiro atoms. The summed E-state index contributed by atoms with van der Waals surface area (Å²) in [4.78, 5) is 11.5. The van der Waals surface area contributed by atoms with E-state index in [0.29, 0.717) is 11.8 Å². The average Bonchev–Trinajstić information content (AvgIpc) is 3.03. The number of carbonyl (C=O) groups is 1. The number of nitrogens with one attached hydrogen (secondary N) is 1. The number of hydrogen-bond donors (Lipinski definition) is 2. The van der Waals surface area contributed by atoms with E-state index >= 15 is 0 Å². The Morgan fingerprint density at radius 1 is 1.31 bits per heavy atom. The quantitative estimate of drug-likeness (QED) is 0.592. The number of nitrogens with two attached hydrogens (primary N) is 1. The highest BCUT2D eigenvalue weighted by Gasteiger charge is 2.41. The van der Waals surface area contributed by atoms with Gasteiger partial charge in [-0.1, -0.05) is 26.2 Å². The molecule has 0 atom stereocenters. The molecule has 3 nitrogen and oxygen atoms in total. The van der Waals surface area contributed by atoms with E-state index < -0.39 is 0 Å². The number of rotatable bonds is 9. The molecule has 0 aromatic heterocycles. The Balaban J connectivity index is 2.02. The van der Waals surface area contributed by atoms with Crippen molar-refractivity contribution in [2.75, 3.05) is 13.1 Å². The zero-order valence-electron chi connectivity index (χ0n) is 10.6. The largest absolute Gasteiger partial charge is 0.356 e. The molecule has 0 saturated heterocycles. The summed E-state index contributed by atoms with van der Waals surface area (Å²) in [6, 6.07) is 0. The predicted molar refractivity (Wildman–Crippen MR) is 67.1 cm³/mol. The molecule has 1 fully saturated rings. The van der Waals surface area contributed by atoms with E-state index in [0.717, 1.165) is 25.9 Å². The lowest BCUT2D eigenvalue weighted by molar-refractivity contribution is -0.121. The van der Waals surface area contributed by atoms with Gasteiger partial charge in [-0.05, 0) is 37.6 Å². The summed E-state index contributed by atoms with van der Waals surface area (Å²) in [5.74, 6) is 0.222. The maximum atomic E-state index is 11.5. The van der Waals surface area contributed by atoms with Crippen LogP contribution in [0.4, 0.5) is 0 Å². The maximum absolute atomic E-state index is 11.5. The Morgan fingerprint density at radius 2 is 2.06 bits per heavy atom. The van der Waals surface area contributed by atoms with Crippen molar-refractivity contribution in [3.63, 3.8) is 0 Å². The van der Waals surface area contributed by atoms with Gasteiger partial charge in [0.15, 0.2) is 0 Å². The lowest BCUT2D eigenvalue weighted by atomic mass is 10.0. The molecule has 0 bridgehead atoms. The summed E-state index contributed by atoms with van der Waals surface area (Å²) >= 11 is 0. The van der Waals surface area contributed by atoms with Crippen molar-refractivity contribution in [1.29, 1.82) is 0 Å². The van der Waals surface area contributed by atoms with Crippen molar-refractivity contribution >= 4 is 5.91 Å². The van der Waals surface area contributed by atoms with Gasteiger partial charge in [0.05, 0.1) is 0 Å². The summed E-state index contributed by atoms with van der Waals surface area (Å²) in [7, 11) is 0. The summed E-state index contributed by atoms with van der Waals surface area (Å²) in [5, 5.41) is 3.05. The average molecular weight is 226 g/mol. The van der Waals surface area contributed by atoms with Crippen LogP contribution in [0.15, 0.2) is 0 Å². The lowest BCUT2D eigenvalue weighted by Gasteiger charge is -2.14. The number of amides is 1. The van der Waals surface area contributed by atoms with Gasteiger partial charge in [0.25, 0.3) is 0 Å². The van der Waals surface area contributed by atoms with Crippen molar-refractivity contribution in [1.82, 2.24) is 5.32 Å². The third-order valence-electron chi connectivity index (χ3n) is 3.55. The van der Waals surface area contributed by atoms with Crippen LogP contribution in [0.5, 0.6) is 0 Å². The van der Waals surface area contributed by atoms with Gasteiger partial charge < -0.3 is 11.1 Å². The molecular formula is C13H26N2O. The third-order valence-corrected chi connectivity index (χ3v) is 3.55. The molecule has 0 aliphatic heterocycles. The molecule has 1 amide bonds. The second-order valence-corrected chi connectivity index (χ2v) is 5.13. The smallest absolute Gasteiger partial charge is 0.220 e. The van der Waals surface area contributed by atoms with Crippen LogP contribution < -0.4 is 11.1 Å². The Kier molecular flexibility index (Phi) is 5.81. The second kappa shape index (κ2) is 6.89. The van der Waals surface area contributed by atoms with Crippen LogP contribution in [0.25, 0.3) is 0 Å². The van der Waals surface area contributed by atoms with Crippen LogP contribution in [0.2, 0.25) is 0 Å². The zero-order chi connectivity index (χ0) is 11.9. The minimum atomic E-state index is 0.222. The highest BCUT2D eigenvalue weighted by Crippen LogP contribution is 2.47. The molecule has 1 aliphatic rings. The van der Waals surface area contributed by atoms with Gasteiger partial charge in [-0.2, -0.15) is 0 Å². The van der Waals surface area contributed by atoms with E-state index in [2.05, 4.69) is 12.2 Å². The van der Waals surface area contributed by atoms with E-state index in [-0.39, 0.29) is 5.91 Å². The first kappa shape index (κ1) is 13.5. The van der Waals surface area contributed by atoms with Gasteiger partial charge in [-0.25, -0.2) is 0 Å². The molecule has 94 valence electrons. The summed E-state index contributed by atoms with van der Waals surface area (Å²) in [6.07, 6.45) is 8.90. The van der Waals surface area contributed by atoms with Crippen molar-refractivity contribution in [3.05, 3.63) is 0 Å². The molecule has 1 aliphatic carbocycles. The van der Waals surface area contributed by atoms with Crippen molar-refractivity contribution in [2.24, 2.45) is 11.1 Å². The summed E-state index contributed by atoms with van der Waals surface area (Å²) < 4.78 is 0. The monoisotopic (exact) mass is 226 g/mol. The Bertz CT molecular complexity index is 212. The van der Waals surface area contributed by atoms with Gasteiger partial charge >= 0.3 is 0 Å². The topological polar surface area (TPSA) is 55.1 Å². The second-order valence-electron chi connectivity index (χ2n) is 5.13. The minimum absolute atomic E-state index is 0.222. The van der Waals surface area contributed by atoms with Crippen LogP contribution in [0, 0.1) is 5.41 Å². The summed E-state index contributed by atoms with van der Waals surface area (Å²) in [5.41, 5.74) is 5.93. The molecule has 0 radical (unpaired) electrons. The fraction of sp³-hybridized carbons (Fsp3) is 0.923. The molecule has 1 saturated carbocycles. The molecule has 16 heavy (non-hydrogen) atoms. The lowest BCUT2D eigenvalue weighted by Crippen LogP contribution is -2.31. The fourth-order valence-electron chi connectivity index (χ4n) is 2.08. The Morgan fingerprint density at radius 3 is 2.62 bits per heavy atom. The normalized spacial score (nSPS) is 17.1. The first-order chi connectivity index (χ1) is 7.72. The van der Waals surface area contributed by atoms with Gasteiger partial charge in [-0.15, -0.1) is 0 Å². The SMILES string of the molecule is CCCCCCC(=O)NCC1(CCN)CC1. The van der Waals surface area contributed by atoms with E-state index in [9.17, 15) is 4.79 Å². The van der Waals surface area contributed by atoms with Crippen LogP contribution >= 0.6 is 0 Å². The van der Waals surface area contributed by atoms with E-state index in [4.69, 9.17) is 5.73 Å². The Hall–Kier alpha value is -0.570. The summed E-state index contributed by atoms with van der Waals surface area (Å²) in [6.45, 7) is 3.77. The fourth-order valence-corrected chi connectivity index (χ4v) is 2.08. The van der Waals surface area contributed by atoms with Crippen LogP contribution in [-0.4, -0.2) is 19.0 Å². The standard InChI is InChI=1S/C13H26N2O/c1-2-3-4-5-6-12(16)15-11-13(7-8-13)9-10-14/h2-11,14H2,1H3,(H,15,16). The van der Waals surface area contributed by atoms with Crippen LogP contribution in [0.3, 0.4) is 0 Å². The highest BCUT2D eigenvalue weighted by molar-refractivity contribution is 5.75. The number of hydrogen-bond acceptors (Lipinski definition) is 2. The van der Waals surface area contributed by atoms with E-state index in [1.807, 2.05) is 0 Å². The van der Waals surface area contributed by atoms with Crippen molar-refractivity contribution in [2.45, 2.75) is 58.3 Å². The first-order valence-corrected chi connectivity index (χ1v) is 6.69. The third kappa shape index (κ3) is 4.97. The molecule has 1 rings (SSSR count). The van der Waals surface area contributed by atoms with Crippen LogP contribution in [-0.2, 0) is 4.79 Å². The van der Waals surface area contributed by atoms with Crippen LogP contribution in [0.1, 0.15) is 58.3 Å². The van der Waals surface area contributed by atoms with Gasteiger partial charge in [0, 0.05) is 13.0 Å². The maximum Gasteiger partial charge on any atom is 0.220 e. The Labute approximate surface area is 99.2 Å². The predicted octanol–water partition coefficient (Wildman–Crippen LogP) is 2.20. The minimum Gasteiger partial charge on any atom is -0.356 e.